The smallest absolute Gasteiger partial charge is 0.222 e. The SMILES string of the molecule is CCNC(=NCCCN1CCCC1=O)N1CCC(C)(C)C1.I. The van der Waals surface area contributed by atoms with Crippen LogP contribution in [0.3, 0.4) is 0 Å². The molecule has 0 radical (unpaired) electrons. The van der Waals surface area contributed by atoms with Gasteiger partial charge in [0.1, 0.15) is 0 Å². The van der Waals surface area contributed by atoms with Gasteiger partial charge in [-0.15, -0.1) is 24.0 Å². The van der Waals surface area contributed by atoms with Crippen LogP contribution in [0.5, 0.6) is 0 Å². The number of aliphatic imine (C=N–C) groups is 1. The second-order valence-electron chi connectivity index (χ2n) is 6.91. The molecule has 0 bridgehead atoms. The van der Waals surface area contributed by atoms with Gasteiger partial charge in [0.2, 0.25) is 5.91 Å². The number of amides is 1. The summed E-state index contributed by atoms with van der Waals surface area (Å²) in [4.78, 5) is 20.6. The fourth-order valence-corrected chi connectivity index (χ4v) is 3.11. The Labute approximate surface area is 151 Å². The maximum atomic E-state index is 11.6. The molecule has 0 aromatic heterocycles. The third-order valence-electron chi connectivity index (χ3n) is 4.33. The van der Waals surface area contributed by atoms with Gasteiger partial charge in [0.25, 0.3) is 0 Å². The van der Waals surface area contributed by atoms with Crippen LogP contribution >= 0.6 is 24.0 Å². The summed E-state index contributed by atoms with van der Waals surface area (Å²) in [5, 5.41) is 3.39. The zero-order valence-electron chi connectivity index (χ0n) is 14.2. The van der Waals surface area contributed by atoms with Crippen molar-refractivity contribution in [1.82, 2.24) is 15.1 Å². The normalized spacial score (nSPS) is 21.2. The standard InChI is InChI=1S/C16H30N4O.HI/c1-4-17-15(20-12-8-16(2,3)13-20)18-9-6-11-19-10-5-7-14(19)21;/h4-13H2,1-3H3,(H,17,18);1H. The minimum absolute atomic E-state index is 0. The number of carbonyl (C=O) groups is 1. The highest BCUT2D eigenvalue weighted by Crippen LogP contribution is 2.28. The Morgan fingerprint density at radius 3 is 2.68 bits per heavy atom. The molecule has 2 aliphatic heterocycles. The lowest BCUT2D eigenvalue weighted by atomic mass is 9.93. The van der Waals surface area contributed by atoms with E-state index in [1.807, 2.05) is 4.90 Å². The van der Waals surface area contributed by atoms with E-state index in [9.17, 15) is 4.79 Å². The van der Waals surface area contributed by atoms with Crippen molar-refractivity contribution in [3.05, 3.63) is 0 Å². The van der Waals surface area contributed by atoms with E-state index in [-0.39, 0.29) is 24.0 Å². The zero-order chi connectivity index (χ0) is 15.3. The number of rotatable bonds is 5. The third-order valence-corrected chi connectivity index (χ3v) is 4.33. The summed E-state index contributed by atoms with van der Waals surface area (Å²) in [6, 6.07) is 0. The number of nitrogens with one attached hydrogen (secondary N) is 1. The number of likely N-dealkylation sites (tertiary alicyclic amines) is 2. The Kier molecular flexibility index (Phi) is 7.93. The molecule has 0 atom stereocenters. The van der Waals surface area contributed by atoms with Gasteiger partial charge in [0.15, 0.2) is 5.96 Å². The Hall–Kier alpha value is -0.530. The van der Waals surface area contributed by atoms with Crippen LogP contribution in [0, 0.1) is 5.41 Å². The summed E-state index contributed by atoms with van der Waals surface area (Å²) in [7, 11) is 0. The lowest BCUT2D eigenvalue weighted by Crippen LogP contribution is -2.41. The van der Waals surface area contributed by atoms with Crippen molar-refractivity contribution in [2.24, 2.45) is 10.4 Å². The quantitative estimate of drug-likeness (QED) is 0.320. The predicted molar refractivity (Wildman–Crippen MR) is 102 cm³/mol. The minimum atomic E-state index is 0. The highest BCUT2D eigenvalue weighted by molar-refractivity contribution is 14.0. The molecule has 2 heterocycles. The molecule has 5 nitrogen and oxygen atoms in total. The fourth-order valence-electron chi connectivity index (χ4n) is 3.11. The topological polar surface area (TPSA) is 47.9 Å². The van der Waals surface area contributed by atoms with Crippen LogP contribution in [0.4, 0.5) is 0 Å². The molecule has 0 saturated carbocycles. The van der Waals surface area contributed by atoms with E-state index in [2.05, 4.69) is 31.0 Å². The molecule has 0 aromatic carbocycles. The minimum Gasteiger partial charge on any atom is -0.357 e. The Morgan fingerprint density at radius 2 is 2.14 bits per heavy atom. The number of carbonyl (C=O) groups excluding carboxylic acids is 1. The molecule has 0 spiro atoms. The van der Waals surface area contributed by atoms with Crippen molar-refractivity contribution in [3.63, 3.8) is 0 Å². The van der Waals surface area contributed by atoms with Crippen LogP contribution < -0.4 is 5.32 Å². The Balaban J connectivity index is 0.00000242. The Bertz CT molecular complexity index is 398. The number of hydrogen-bond donors (Lipinski definition) is 1. The lowest BCUT2D eigenvalue weighted by Gasteiger charge is -2.23. The monoisotopic (exact) mass is 422 g/mol. The molecule has 2 fully saturated rings. The second kappa shape index (κ2) is 8.93. The molecule has 6 heteroatoms. The van der Waals surface area contributed by atoms with Crippen molar-refractivity contribution >= 4 is 35.8 Å². The lowest BCUT2D eigenvalue weighted by molar-refractivity contribution is -0.127. The number of guanidine groups is 1. The average molecular weight is 422 g/mol. The molecule has 128 valence electrons. The van der Waals surface area contributed by atoms with Crippen LogP contribution in [0.25, 0.3) is 0 Å². The first-order valence-electron chi connectivity index (χ1n) is 8.33. The summed E-state index contributed by atoms with van der Waals surface area (Å²) < 4.78 is 0. The molecular weight excluding hydrogens is 391 g/mol. The molecule has 1 N–H and O–H groups in total. The van der Waals surface area contributed by atoms with Crippen molar-refractivity contribution in [3.8, 4) is 0 Å². The molecular formula is C16H31IN4O. The fraction of sp³-hybridized carbons (Fsp3) is 0.875. The Morgan fingerprint density at radius 1 is 1.36 bits per heavy atom. The van der Waals surface area contributed by atoms with Crippen molar-refractivity contribution < 1.29 is 4.79 Å². The van der Waals surface area contributed by atoms with Crippen LogP contribution in [-0.2, 0) is 4.79 Å². The molecule has 2 saturated heterocycles. The van der Waals surface area contributed by atoms with Gasteiger partial charge in [-0.1, -0.05) is 13.8 Å². The zero-order valence-corrected chi connectivity index (χ0v) is 16.6. The highest BCUT2D eigenvalue weighted by atomic mass is 127. The van der Waals surface area contributed by atoms with E-state index in [0.717, 1.165) is 64.5 Å². The summed E-state index contributed by atoms with van der Waals surface area (Å²) in [6.45, 7) is 12.4. The molecule has 2 aliphatic rings. The highest BCUT2D eigenvalue weighted by Gasteiger charge is 2.30. The first-order chi connectivity index (χ1) is 10.0. The third kappa shape index (κ3) is 5.59. The molecule has 2 rings (SSSR count). The summed E-state index contributed by atoms with van der Waals surface area (Å²) in [6.07, 6.45) is 3.93. The van der Waals surface area contributed by atoms with Crippen LogP contribution in [-0.4, -0.2) is 60.9 Å². The van der Waals surface area contributed by atoms with Crippen LogP contribution in [0.2, 0.25) is 0 Å². The predicted octanol–water partition coefficient (Wildman–Crippen LogP) is 2.31. The van der Waals surface area contributed by atoms with Crippen molar-refractivity contribution in [1.29, 1.82) is 0 Å². The molecule has 22 heavy (non-hydrogen) atoms. The van der Waals surface area contributed by atoms with Gasteiger partial charge in [0, 0.05) is 45.7 Å². The first kappa shape index (κ1) is 19.5. The summed E-state index contributed by atoms with van der Waals surface area (Å²) in [5.74, 6) is 1.35. The number of halogens is 1. The summed E-state index contributed by atoms with van der Waals surface area (Å²) in [5.41, 5.74) is 0.387. The van der Waals surface area contributed by atoms with E-state index in [1.165, 1.54) is 6.42 Å². The van der Waals surface area contributed by atoms with E-state index in [0.29, 0.717) is 11.3 Å². The van der Waals surface area contributed by atoms with Crippen molar-refractivity contribution in [2.75, 3.05) is 39.3 Å². The van der Waals surface area contributed by atoms with E-state index in [4.69, 9.17) is 4.99 Å². The van der Waals surface area contributed by atoms with Gasteiger partial charge >= 0.3 is 0 Å². The first-order valence-corrected chi connectivity index (χ1v) is 8.33. The molecule has 0 aromatic rings. The van der Waals surface area contributed by atoms with E-state index < -0.39 is 0 Å². The largest absolute Gasteiger partial charge is 0.357 e. The van der Waals surface area contributed by atoms with Crippen LogP contribution in [0.1, 0.15) is 46.5 Å². The molecule has 0 unspecified atom stereocenters. The number of hydrogen-bond acceptors (Lipinski definition) is 2. The van der Waals surface area contributed by atoms with Gasteiger partial charge in [-0.2, -0.15) is 0 Å². The van der Waals surface area contributed by atoms with Crippen molar-refractivity contribution in [2.45, 2.75) is 46.5 Å². The second-order valence-corrected chi connectivity index (χ2v) is 6.91. The average Bonchev–Trinajstić information content (AvgIpc) is 2.99. The van der Waals surface area contributed by atoms with Gasteiger partial charge in [0.05, 0.1) is 0 Å². The van der Waals surface area contributed by atoms with Gasteiger partial charge in [-0.25, -0.2) is 0 Å². The van der Waals surface area contributed by atoms with Crippen LogP contribution in [0.15, 0.2) is 4.99 Å². The summed E-state index contributed by atoms with van der Waals surface area (Å²) >= 11 is 0. The number of nitrogens with zero attached hydrogens (tertiary/aromatic N) is 3. The molecule has 1 amide bonds. The maximum Gasteiger partial charge on any atom is 0.222 e. The maximum absolute atomic E-state index is 11.6. The van der Waals surface area contributed by atoms with Gasteiger partial charge in [-0.3, -0.25) is 9.79 Å². The molecule has 0 aliphatic carbocycles. The van der Waals surface area contributed by atoms with E-state index in [1.54, 1.807) is 0 Å². The van der Waals surface area contributed by atoms with Gasteiger partial charge in [-0.05, 0) is 31.6 Å². The van der Waals surface area contributed by atoms with Gasteiger partial charge < -0.3 is 15.1 Å². The van der Waals surface area contributed by atoms with E-state index >= 15 is 0 Å².